The van der Waals surface area contributed by atoms with Gasteiger partial charge in [0.05, 0.1) is 10.0 Å². The fourth-order valence-corrected chi connectivity index (χ4v) is 2.47. The first-order valence-electron chi connectivity index (χ1n) is 6.29. The summed E-state index contributed by atoms with van der Waals surface area (Å²) in [6.07, 6.45) is 0.423. The van der Waals surface area contributed by atoms with Crippen LogP contribution in [0, 0.1) is 0 Å². The molecule has 0 unspecified atom stereocenters. The Morgan fingerprint density at radius 2 is 1.84 bits per heavy atom. The van der Waals surface area contributed by atoms with E-state index in [2.05, 4.69) is 4.90 Å². The summed E-state index contributed by atoms with van der Waals surface area (Å²) in [5.41, 5.74) is 6.44. The maximum Gasteiger partial charge on any atom is 0.223 e. The van der Waals surface area contributed by atoms with Crippen molar-refractivity contribution < 1.29 is 4.79 Å². The molecule has 2 rings (SSSR count). The highest BCUT2D eigenvalue weighted by atomic mass is 35.5. The lowest BCUT2D eigenvalue weighted by atomic mass is 10.2. The molecule has 1 heterocycles. The van der Waals surface area contributed by atoms with E-state index in [9.17, 15) is 4.79 Å². The zero-order chi connectivity index (χ0) is 13.8. The minimum Gasteiger partial charge on any atom is -0.368 e. The maximum atomic E-state index is 11.7. The molecule has 1 saturated heterocycles. The van der Waals surface area contributed by atoms with Crippen LogP contribution in [0.1, 0.15) is 6.42 Å². The van der Waals surface area contributed by atoms with Crippen LogP contribution in [-0.2, 0) is 4.79 Å². The molecule has 1 amide bonds. The molecular weight excluding hydrogens is 285 g/mol. The van der Waals surface area contributed by atoms with E-state index in [1.54, 1.807) is 6.07 Å². The maximum absolute atomic E-state index is 11.7. The van der Waals surface area contributed by atoms with Crippen LogP contribution in [0.5, 0.6) is 0 Å². The van der Waals surface area contributed by atoms with E-state index < -0.39 is 0 Å². The third kappa shape index (κ3) is 3.53. The normalized spacial score (nSPS) is 15.7. The average molecular weight is 302 g/mol. The van der Waals surface area contributed by atoms with Gasteiger partial charge >= 0.3 is 0 Å². The molecule has 0 aromatic heterocycles. The van der Waals surface area contributed by atoms with Crippen LogP contribution < -0.4 is 10.6 Å². The Morgan fingerprint density at radius 1 is 1.16 bits per heavy atom. The SMILES string of the molecule is NCCC(=O)N1CCN(c2ccc(Cl)c(Cl)c2)CC1. The topological polar surface area (TPSA) is 49.6 Å². The molecule has 19 heavy (non-hydrogen) atoms. The number of hydrogen-bond acceptors (Lipinski definition) is 3. The first kappa shape index (κ1) is 14.4. The molecule has 2 N–H and O–H groups in total. The van der Waals surface area contributed by atoms with E-state index in [1.807, 2.05) is 17.0 Å². The largest absolute Gasteiger partial charge is 0.368 e. The van der Waals surface area contributed by atoms with Gasteiger partial charge in [-0.3, -0.25) is 4.79 Å². The molecule has 4 nitrogen and oxygen atoms in total. The van der Waals surface area contributed by atoms with Crippen LogP contribution in [0.4, 0.5) is 5.69 Å². The van der Waals surface area contributed by atoms with Crippen LogP contribution in [-0.4, -0.2) is 43.5 Å². The fourth-order valence-electron chi connectivity index (χ4n) is 2.18. The standard InChI is InChI=1S/C13H17Cl2N3O/c14-11-2-1-10(9-12(11)15)17-5-7-18(8-6-17)13(19)3-4-16/h1-2,9H,3-8,16H2. The fraction of sp³-hybridized carbons (Fsp3) is 0.462. The minimum atomic E-state index is 0.135. The first-order valence-corrected chi connectivity index (χ1v) is 7.05. The van der Waals surface area contributed by atoms with Crippen LogP contribution in [0.15, 0.2) is 18.2 Å². The zero-order valence-corrected chi connectivity index (χ0v) is 12.1. The van der Waals surface area contributed by atoms with Crippen LogP contribution >= 0.6 is 23.2 Å². The van der Waals surface area contributed by atoms with Gasteiger partial charge in [0.2, 0.25) is 5.91 Å². The summed E-state index contributed by atoms with van der Waals surface area (Å²) in [6.45, 7) is 3.45. The Bertz CT molecular complexity index is 459. The van der Waals surface area contributed by atoms with Crippen molar-refractivity contribution in [2.45, 2.75) is 6.42 Å². The lowest BCUT2D eigenvalue weighted by molar-refractivity contribution is -0.131. The molecule has 6 heteroatoms. The number of nitrogens with two attached hydrogens (primary N) is 1. The number of nitrogens with zero attached hydrogens (tertiary/aromatic N) is 2. The molecule has 0 bridgehead atoms. The number of anilines is 1. The molecular formula is C13H17Cl2N3O. The zero-order valence-electron chi connectivity index (χ0n) is 10.6. The smallest absolute Gasteiger partial charge is 0.223 e. The summed E-state index contributed by atoms with van der Waals surface area (Å²) in [6, 6.07) is 5.61. The van der Waals surface area contributed by atoms with Gasteiger partial charge in [-0.15, -0.1) is 0 Å². The van der Waals surface area contributed by atoms with Gasteiger partial charge < -0.3 is 15.5 Å². The van der Waals surface area contributed by atoms with Gasteiger partial charge in [0.25, 0.3) is 0 Å². The van der Waals surface area contributed by atoms with Crippen molar-refractivity contribution in [2.24, 2.45) is 5.73 Å². The van der Waals surface area contributed by atoms with Crippen molar-refractivity contribution in [1.29, 1.82) is 0 Å². The second-order valence-corrected chi connectivity index (χ2v) is 5.32. The van der Waals surface area contributed by atoms with Crippen LogP contribution in [0.25, 0.3) is 0 Å². The average Bonchev–Trinajstić information content (AvgIpc) is 2.42. The van der Waals surface area contributed by atoms with Crippen molar-refractivity contribution in [3.63, 3.8) is 0 Å². The Labute approximate surface area is 123 Å². The van der Waals surface area contributed by atoms with Crippen LogP contribution in [0.3, 0.4) is 0 Å². The second kappa shape index (κ2) is 6.46. The van der Waals surface area contributed by atoms with E-state index in [0.29, 0.717) is 23.0 Å². The van der Waals surface area contributed by atoms with Crippen molar-refractivity contribution in [3.8, 4) is 0 Å². The number of amides is 1. The first-order chi connectivity index (χ1) is 9.11. The van der Waals surface area contributed by atoms with Gasteiger partial charge in [0.15, 0.2) is 0 Å². The molecule has 1 aromatic rings. The van der Waals surface area contributed by atoms with Gasteiger partial charge in [-0.05, 0) is 18.2 Å². The highest BCUT2D eigenvalue weighted by Gasteiger charge is 2.20. The van der Waals surface area contributed by atoms with Gasteiger partial charge in [0.1, 0.15) is 0 Å². The number of hydrogen-bond donors (Lipinski definition) is 1. The summed E-state index contributed by atoms with van der Waals surface area (Å²) in [5, 5.41) is 1.11. The number of rotatable bonds is 3. The van der Waals surface area contributed by atoms with Crippen molar-refractivity contribution in [2.75, 3.05) is 37.6 Å². The lowest BCUT2D eigenvalue weighted by Crippen LogP contribution is -2.49. The van der Waals surface area contributed by atoms with Gasteiger partial charge in [-0.1, -0.05) is 23.2 Å². The Balaban J connectivity index is 1.96. The van der Waals surface area contributed by atoms with Crippen molar-refractivity contribution in [1.82, 2.24) is 4.90 Å². The third-order valence-corrected chi connectivity index (χ3v) is 4.00. The summed E-state index contributed by atoms with van der Waals surface area (Å²) in [7, 11) is 0. The summed E-state index contributed by atoms with van der Waals surface area (Å²) >= 11 is 11.9. The van der Waals surface area contributed by atoms with Gasteiger partial charge in [-0.2, -0.15) is 0 Å². The molecule has 1 aliphatic rings. The summed E-state index contributed by atoms with van der Waals surface area (Å²) in [4.78, 5) is 15.8. The van der Waals surface area contributed by atoms with E-state index in [-0.39, 0.29) is 5.91 Å². The van der Waals surface area contributed by atoms with Crippen LogP contribution in [0.2, 0.25) is 10.0 Å². The molecule has 0 atom stereocenters. The molecule has 1 aromatic carbocycles. The predicted molar refractivity (Wildman–Crippen MR) is 78.9 cm³/mol. The van der Waals surface area contributed by atoms with Crippen molar-refractivity contribution >= 4 is 34.8 Å². The molecule has 0 saturated carbocycles. The van der Waals surface area contributed by atoms with Gasteiger partial charge in [0, 0.05) is 44.8 Å². The number of benzene rings is 1. The summed E-state index contributed by atoms with van der Waals surface area (Å²) in [5.74, 6) is 0.135. The third-order valence-electron chi connectivity index (χ3n) is 3.26. The highest BCUT2D eigenvalue weighted by Crippen LogP contribution is 2.27. The summed E-state index contributed by atoms with van der Waals surface area (Å²) < 4.78 is 0. The number of halogens is 2. The molecule has 1 aliphatic heterocycles. The van der Waals surface area contributed by atoms with Crippen molar-refractivity contribution in [3.05, 3.63) is 28.2 Å². The Hall–Kier alpha value is -0.970. The van der Waals surface area contributed by atoms with Gasteiger partial charge in [-0.25, -0.2) is 0 Å². The quantitative estimate of drug-likeness (QED) is 0.929. The Morgan fingerprint density at radius 3 is 2.42 bits per heavy atom. The van der Waals surface area contributed by atoms with E-state index in [1.165, 1.54) is 0 Å². The number of piperazine rings is 1. The molecule has 0 spiro atoms. The Kier molecular flexibility index (Phi) is 4.91. The lowest BCUT2D eigenvalue weighted by Gasteiger charge is -2.36. The highest BCUT2D eigenvalue weighted by molar-refractivity contribution is 6.42. The van der Waals surface area contributed by atoms with E-state index in [0.717, 1.165) is 31.9 Å². The van der Waals surface area contributed by atoms with E-state index >= 15 is 0 Å². The predicted octanol–water partition coefficient (Wildman–Crippen LogP) is 1.99. The molecule has 0 aliphatic carbocycles. The monoisotopic (exact) mass is 301 g/mol. The minimum absolute atomic E-state index is 0.135. The molecule has 1 fully saturated rings. The molecule has 0 radical (unpaired) electrons. The molecule has 104 valence electrons. The second-order valence-electron chi connectivity index (χ2n) is 4.50. The number of carbonyl (C=O) groups is 1. The van der Waals surface area contributed by atoms with E-state index in [4.69, 9.17) is 28.9 Å². The number of carbonyl (C=O) groups excluding carboxylic acids is 1.